The van der Waals surface area contributed by atoms with E-state index in [0.717, 1.165) is 22.0 Å². The number of hydrogen-bond acceptors (Lipinski definition) is 6. The Labute approximate surface area is 190 Å². The summed E-state index contributed by atoms with van der Waals surface area (Å²) in [6, 6.07) is 21.2. The predicted molar refractivity (Wildman–Crippen MR) is 124 cm³/mol. The summed E-state index contributed by atoms with van der Waals surface area (Å²) in [6.45, 7) is 0.874. The molecule has 4 rings (SSSR count). The number of pyridine rings is 1. The van der Waals surface area contributed by atoms with Gasteiger partial charge in [-0.05, 0) is 35.4 Å². The van der Waals surface area contributed by atoms with Crippen LogP contribution in [0.1, 0.15) is 27.3 Å². The lowest BCUT2D eigenvalue weighted by Gasteiger charge is -2.12. The summed E-state index contributed by atoms with van der Waals surface area (Å²) < 4.78 is 7.34. The largest absolute Gasteiger partial charge is 0.496 e. The van der Waals surface area contributed by atoms with Crippen molar-refractivity contribution in [1.82, 2.24) is 25.1 Å². The van der Waals surface area contributed by atoms with Gasteiger partial charge >= 0.3 is 0 Å². The molecule has 0 aliphatic rings. The van der Waals surface area contributed by atoms with Crippen LogP contribution in [0.4, 0.5) is 0 Å². The molecule has 0 bridgehead atoms. The van der Waals surface area contributed by atoms with E-state index in [1.165, 1.54) is 0 Å². The number of carbonyl (C=O) groups excluding carboxylic acids is 1. The Bertz CT molecular complexity index is 1170. The molecule has 0 aliphatic heterocycles. The van der Waals surface area contributed by atoms with Crippen LogP contribution in [0.15, 0.2) is 84.3 Å². The van der Waals surface area contributed by atoms with E-state index in [1.54, 1.807) is 43.4 Å². The van der Waals surface area contributed by atoms with Gasteiger partial charge in [0.05, 0.1) is 25.8 Å². The number of nitrogens with one attached hydrogen (secondary N) is 1. The van der Waals surface area contributed by atoms with E-state index in [2.05, 4.69) is 32.6 Å². The molecule has 0 atom stereocenters. The van der Waals surface area contributed by atoms with E-state index < -0.39 is 0 Å². The molecule has 2 aromatic heterocycles. The van der Waals surface area contributed by atoms with Crippen molar-refractivity contribution < 1.29 is 9.53 Å². The average Bonchev–Trinajstić information content (AvgIpc) is 3.23. The fourth-order valence-corrected chi connectivity index (χ4v) is 4.11. The molecular formula is C24H23N5O2S. The summed E-state index contributed by atoms with van der Waals surface area (Å²) in [5.74, 6) is 1.75. The average molecular weight is 446 g/mol. The minimum absolute atomic E-state index is 0.220. The Morgan fingerprint density at radius 1 is 0.969 bits per heavy atom. The van der Waals surface area contributed by atoms with E-state index in [0.29, 0.717) is 23.7 Å². The molecule has 1 N–H and O–H groups in total. The van der Waals surface area contributed by atoms with Crippen LogP contribution in [0.2, 0.25) is 0 Å². The summed E-state index contributed by atoms with van der Waals surface area (Å²) in [4.78, 5) is 16.8. The highest BCUT2D eigenvalue weighted by Crippen LogP contribution is 2.23. The van der Waals surface area contributed by atoms with Crippen LogP contribution in [0.3, 0.4) is 0 Å². The van der Waals surface area contributed by atoms with Crippen LogP contribution in [-0.2, 0) is 18.8 Å². The van der Waals surface area contributed by atoms with Crippen molar-refractivity contribution in [1.29, 1.82) is 0 Å². The van der Waals surface area contributed by atoms with E-state index in [-0.39, 0.29) is 12.5 Å². The van der Waals surface area contributed by atoms with Crippen molar-refractivity contribution in [3.05, 3.63) is 102 Å². The Balaban J connectivity index is 1.52. The van der Waals surface area contributed by atoms with Gasteiger partial charge in [-0.25, -0.2) is 0 Å². The molecule has 0 unspecified atom stereocenters. The molecule has 0 aliphatic carbocycles. The van der Waals surface area contributed by atoms with Crippen LogP contribution in [0.25, 0.3) is 0 Å². The summed E-state index contributed by atoms with van der Waals surface area (Å²) in [5.41, 5.74) is 2.78. The fourth-order valence-electron chi connectivity index (χ4n) is 3.19. The van der Waals surface area contributed by atoms with Gasteiger partial charge in [-0.15, -0.1) is 10.2 Å². The maximum atomic E-state index is 12.7. The number of aromatic nitrogens is 4. The van der Waals surface area contributed by atoms with E-state index in [4.69, 9.17) is 4.74 Å². The standard InChI is InChI=1S/C24H23N5O2S/c1-31-21-10-6-5-9-20(21)23(30)26-15-22-27-28-24(32-17-19-11-13-25-14-12-19)29(22)16-18-7-3-2-4-8-18/h2-14H,15-17H2,1H3,(H,26,30). The van der Waals surface area contributed by atoms with Crippen molar-refractivity contribution in [3.8, 4) is 5.75 Å². The number of methoxy groups -OCH3 is 1. The summed E-state index contributed by atoms with van der Waals surface area (Å²) in [7, 11) is 1.55. The monoisotopic (exact) mass is 445 g/mol. The Kier molecular flexibility index (Phi) is 7.14. The van der Waals surface area contributed by atoms with Crippen molar-refractivity contribution in [3.63, 3.8) is 0 Å². The Morgan fingerprint density at radius 2 is 1.72 bits per heavy atom. The van der Waals surface area contributed by atoms with Crippen LogP contribution in [0.5, 0.6) is 5.75 Å². The molecule has 4 aromatic rings. The molecule has 0 fully saturated rings. The smallest absolute Gasteiger partial charge is 0.255 e. The molecule has 32 heavy (non-hydrogen) atoms. The number of ether oxygens (including phenoxy) is 1. The van der Waals surface area contributed by atoms with E-state index >= 15 is 0 Å². The molecule has 0 saturated carbocycles. The van der Waals surface area contributed by atoms with Gasteiger partial charge in [0.15, 0.2) is 11.0 Å². The third kappa shape index (κ3) is 5.33. The zero-order valence-electron chi connectivity index (χ0n) is 17.6. The number of thioether (sulfide) groups is 1. The highest BCUT2D eigenvalue weighted by Gasteiger charge is 2.16. The molecule has 1 amide bonds. The van der Waals surface area contributed by atoms with Gasteiger partial charge in [-0.1, -0.05) is 54.2 Å². The molecule has 2 aromatic carbocycles. The van der Waals surface area contributed by atoms with Crippen molar-refractivity contribution >= 4 is 17.7 Å². The molecule has 0 radical (unpaired) electrons. The van der Waals surface area contributed by atoms with Gasteiger partial charge in [0, 0.05) is 18.1 Å². The number of rotatable bonds is 9. The number of nitrogens with zero attached hydrogens (tertiary/aromatic N) is 4. The first-order valence-electron chi connectivity index (χ1n) is 10.1. The minimum Gasteiger partial charge on any atom is -0.496 e. The summed E-state index contributed by atoms with van der Waals surface area (Å²) >= 11 is 1.61. The zero-order valence-corrected chi connectivity index (χ0v) is 18.5. The topological polar surface area (TPSA) is 81.9 Å². The number of para-hydroxylation sites is 1. The minimum atomic E-state index is -0.220. The molecule has 2 heterocycles. The lowest BCUT2D eigenvalue weighted by molar-refractivity contribution is 0.0946. The zero-order chi connectivity index (χ0) is 22.2. The second-order valence-electron chi connectivity index (χ2n) is 7.00. The molecule has 7 nitrogen and oxygen atoms in total. The van der Waals surface area contributed by atoms with Gasteiger partial charge in [0.2, 0.25) is 0 Å². The van der Waals surface area contributed by atoms with Gasteiger partial charge < -0.3 is 14.6 Å². The van der Waals surface area contributed by atoms with Gasteiger partial charge in [-0.3, -0.25) is 9.78 Å². The van der Waals surface area contributed by atoms with Crippen molar-refractivity contribution in [2.24, 2.45) is 0 Å². The second-order valence-corrected chi connectivity index (χ2v) is 7.94. The highest BCUT2D eigenvalue weighted by atomic mass is 32.2. The molecule has 0 saturated heterocycles. The Hall–Kier alpha value is -3.65. The van der Waals surface area contributed by atoms with Crippen LogP contribution < -0.4 is 10.1 Å². The molecule has 8 heteroatoms. The van der Waals surface area contributed by atoms with E-state index in [1.807, 2.05) is 47.0 Å². The van der Waals surface area contributed by atoms with E-state index in [9.17, 15) is 4.79 Å². The van der Waals surface area contributed by atoms with Crippen LogP contribution in [0, 0.1) is 0 Å². The normalized spacial score (nSPS) is 10.7. The first kappa shape index (κ1) is 21.6. The maximum Gasteiger partial charge on any atom is 0.255 e. The quantitative estimate of drug-likeness (QED) is 0.393. The first-order chi connectivity index (χ1) is 15.7. The van der Waals surface area contributed by atoms with Gasteiger partial charge in [-0.2, -0.15) is 0 Å². The van der Waals surface area contributed by atoms with Crippen LogP contribution >= 0.6 is 11.8 Å². The Morgan fingerprint density at radius 3 is 2.50 bits per heavy atom. The van der Waals surface area contributed by atoms with Gasteiger partial charge in [0.25, 0.3) is 5.91 Å². The van der Waals surface area contributed by atoms with Crippen molar-refractivity contribution in [2.45, 2.75) is 24.0 Å². The lowest BCUT2D eigenvalue weighted by atomic mass is 10.2. The number of hydrogen-bond donors (Lipinski definition) is 1. The maximum absolute atomic E-state index is 12.7. The molecular weight excluding hydrogens is 422 g/mol. The summed E-state index contributed by atoms with van der Waals surface area (Å²) in [5, 5.41) is 12.5. The second kappa shape index (κ2) is 10.6. The fraction of sp³-hybridized carbons (Fsp3) is 0.167. The molecule has 0 spiro atoms. The number of amides is 1. The highest BCUT2D eigenvalue weighted by molar-refractivity contribution is 7.98. The van der Waals surface area contributed by atoms with Crippen LogP contribution in [-0.4, -0.2) is 32.8 Å². The van der Waals surface area contributed by atoms with Gasteiger partial charge in [0.1, 0.15) is 5.75 Å². The SMILES string of the molecule is COc1ccccc1C(=O)NCc1nnc(SCc2ccncc2)n1Cc1ccccc1. The van der Waals surface area contributed by atoms with Crippen molar-refractivity contribution in [2.75, 3.05) is 7.11 Å². The number of carbonyl (C=O) groups is 1. The first-order valence-corrected chi connectivity index (χ1v) is 11.1. The third-order valence-electron chi connectivity index (χ3n) is 4.85. The lowest BCUT2D eigenvalue weighted by Crippen LogP contribution is -2.25. The predicted octanol–water partition coefficient (Wildman–Crippen LogP) is 3.95. The third-order valence-corrected chi connectivity index (χ3v) is 5.89. The molecule has 162 valence electrons. The summed E-state index contributed by atoms with van der Waals surface area (Å²) in [6.07, 6.45) is 3.56. The number of benzene rings is 2.